The van der Waals surface area contributed by atoms with Crippen LogP contribution in [0.4, 0.5) is 22.7 Å². The van der Waals surface area contributed by atoms with E-state index in [0.29, 0.717) is 22.5 Å². The number of hydrogen-bond acceptors (Lipinski definition) is 9. The quantitative estimate of drug-likeness (QED) is 0.0909. The largest absolute Gasteiger partial charge is 0.430 e. The summed E-state index contributed by atoms with van der Waals surface area (Å²) < 4.78 is 27.6. The van der Waals surface area contributed by atoms with Gasteiger partial charge in [0.25, 0.3) is 0 Å². The Kier molecular flexibility index (Phi) is 9.57. The molecule has 4 N–H and O–H groups in total. The third-order valence-corrected chi connectivity index (χ3v) is 8.60. The van der Waals surface area contributed by atoms with E-state index in [9.17, 15) is 15.1 Å². The number of nitriles is 2. The summed E-state index contributed by atoms with van der Waals surface area (Å²) in [5, 5.41) is 18.9. The van der Waals surface area contributed by atoms with E-state index in [1.54, 1.807) is 31.2 Å². The van der Waals surface area contributed by atoms with E-state index < -0.39 is 7.60 Å². The molecule has 0 atom stereocenters. The molecule has 40 heavy (non-hydrogen) atoms. The smallest absolute Gasteiger partial charge is 0.414 e. The second-order valence-corrected chi connectivity index (χ2v) is 12.1. The van der Waals surface area contributed by atoms with Crippen molar-refractivity contribution < 1.29 is 13.6 Å². The summed E-state index contributed by atoms with van der Waals surface area (Å²) in [5.41, 5.74) is 15.3. The molecule has 4 aromatic rings. The van der Waals surface area contributed by atoms with Crippen LogP contribution in [0, 0.1) is 22.7 Å². The molecule has 4 aromatic carbocycles. The lowest BCUT2D eigenvalue weighted by Crippen LogP contribution is -2.13. The fourth-order valence-electron chi connectivity index (χ4n) is 3.38. The van der Waals surface area contributed by atoms with Gasteiger partial charge in [-0.15, -0.1) is 0 Å². The Morgan fingerprint density at radius 1 is 0.675 bits per heavy atom. The molecule has 4 rings (SSSR count). The molecule has 0 bridgehead atoms. The molecular formula is C28H23Br2N6O3P. The maximum atomic E-state index is 14.0. The van der Waals surface area contributed by atoms with E-state index in [-0.39, 0.29) is 17.7 Å². The number of rotatable bonds is 11. The maximum absolute atomic E-state index is 14.0. The summed E-state index contributed by atoms with van der Waals surface area (Å²) in [6.07, 6.45) is 0.00870. The lowest BCUT2D eigenvalue weighted by Gasteiger charge is -2.23. The van der Waals surface area contributed by atoms with Gasteiger partial charge in [0.15, 0.2) is 11.5 Å². The first kappa shape index (κ1) is 28.8. The molecule has 0 saturated heterocycles. The maximum Gasteiger partial charge on any atom is 0.430 e. The van der Waals surface area contributed by atoms with Gasteiger partial charge in [-0.1, -0.05) is 31.2 Å². The molecule has 0 spiro atoms. The molecule has 0 aliphatic heterocycles. The molecule has 0 saturated carbocycles. The topological polar surface area (TPSA) is 131 Å². The fraction of sp³-hybridized carbons (Fsp3) is 0.0714. The minimum absolute atomic E-state index is 0.00870. The Labute approximate surface area is 248 Å². The van der Waals surface area contributed by atoms with Crippen LogP contribution in [0.5, 0.6) is 11.5 Å². The van der Waals surface area contributed by atoms with Crippen molar-refractivity contribution in [1.82, 2.24) is 0 Å². The molecule has 202 valence electrons. The molecule has 0 unspecified atom stereocenters. The zero-order chi connectivity index (χ0) is 28.5. The summed E-state index contributed by atoms with van der Waals surface area (Å²) in [5.74, 6) is 0.308. The van der Waals surface area contributed by atoms with E-state index in [1.807, 2.05) is 48.5 Å². The number of hydrogen-bond donors (Lipinski definition) is 4. The van der Waals surface area contributed by atoms with Gasteiger partial charge < -0.3 is 9.05 Å². The first-order chi connectivity index (χ1) is 19.3. The average Bonchev–Trinajstić information content (AvgIpc) is 2.97. The van der Waals surface area contributed by atoms with Crippen LogP contribution in [0.15, 0.2) is 93.9 Å². The molecule has 0 radical (unpaired) electrons. The zero-order valence-electron chi connectivity index (χ0n) is 21.1. The van der Waals surface area contributed by atoms with Crippen LogP contribution in [0.25, 0.3) is 0 Å². The molecule has 12 heteroatoms. The summed E-state index contributed by atoms with van der Waals surface area (Å²) >= 11 is 6.96. The third-order valence-electron chi connectivity index (χ3n) is 5.49. The van der Waals surface area contributed by atoms with Gasteiger partial charge in [0.05, 0.1) is 52.2 Å². The van der Waals surface area contributed by atoms with Gasteiger partial charge in [-0.3, -0.25) is 21.7 Å². The highest BCUT2D eigenvalue weighted by Gasteiger charge is 2.29. The van der Waals surface area contributed by atoms with Gasteiger partial charge in [-0.25, -0.2) is 4.57 Å². The lowest BCUT2D eigenvalue weighted by atomic mass is 10.2. The van der Waals surface area contributed by atoms with Gasteiger partial charge >= 0.3 is 7.60 Å². The molecule has 0 aliphatic carbocycles. The number of para-hydroxylation sites is 2. The van der Waals surface area contributed by atoms with Crippen LogP contribution in [-0.2, 0) is 4.57 Å². The van der Waals surface area contributed by atoms with Crippen LogP contribution in [0.3, 0.4) is 0 Å². The molecule has 0 aliphatic rings. The van der Waals surface area contributed by atoms with Crippen molar-refractivity contribution >= 4 is 62.2 Å². The Morgan fingerprint density at radius 2 is 1.07 bits per heavy atom. The minimum atomic E-state index is -3.84. The molecule has 0 aromatic heterocycles. The highest BCUT2D eigenvalue weighted by molar-refractivity contribution is 9.11. The summed E-state index contributed by atoms with van der Waals surface area (Å²) in [6.45, 7) is 1.67. The lowest BCUT2D eigenvalue weighted by molar-refractivity contribution is 0.388. The van der Waals surface area contributed by atoms with Gasteiger partial charge in [-0.2, -0.15) is 10.5 Å². The zero-order valence-corrected chi connectivity index (χ0v) is 25.2. The fourth-order valence-corrected chi connectivity index (χ4v) is 5.35. The van der Waals surface area contributed by atoms with Crippen molar-refractivity contribution in [3.05, 3.63) is 105 Å². The third kappa shape index (κ3) is 7.28. The van der Waals surface area contributed by atoms with Crippen molar-refractivity contribution in [2.45, 2.75) is 6.92 Å². The van der Waals surface area contributed by atoms with E-state index >= 15 is 0 Å². The minimum Gasteiger partial charge on any atom is -0.414 e. The predicted octanol–water partition coefficient (Wildman–Crippen LogP) is 8.50. The van der Waals surface area contributed by atoms with Crippen LogP contribution < -0.4 is 30.8 Å². The summed E-state index contributed by atoms with van der Waals surface area (Å²) in [6, 6.07) is 28.6. The van der Waals surface area contributed by atoms with Gasteiger partial charge in [0.2, 0.25) is 0 Å². The van der Waals surface area contributed by atoms with Gasteiger partial charge in [-0.05, 0) is 80.4 Å². The van der Waals surface area contributed by atoms with E-state index in [1.165, 1.54) is 12.1 Å². The second-order valence-electron chi connectivity index (χ2n) is 8.21. The number of hydrazine groups is 2. The van der Waals surface area contributed by atoms with Crippen molar-refractivity contribution in [3.8, 4) is 23.6 Å². The van der Waals surface area contributed by atoms with Crippen LogP contribution >= 0.6 is 39.5 Å². The second kappa shape index (κ2) is 13.3. The first-order valence-electron chi connectivity index (χ1n) is 11.9. The number of nitrogens with one attached hydrogen (secondary N) is 4. The molecule has 0 fully saturated rings. The van der Waals surface area contributed by atoms with Gasteiger partial charge in [0, 0.05) is 21.1 Å². The predicted molar refractivity (Wildman–Crippen MR) is 164 cm³/mol. The van der Waals surface area contributed by atoms with E-state index in [4.69, 9.17) is 9.05 Å². The van der Waals surface area contributed by atoms with Crippen LogP contribution in [0.2, 0.25) is 0 Å². The van der Waals surface area contributed by atoms with E-state index in [2.05, 4.69) is 65.7 Å². The monoisotopic (exact) mass is 680 g/mol. The van der Waals surface area contributed by atoms with Crippen molar-refractivity contribution in [2.75, 3.05) is 27.9 Å². The molecule has 9 nitrogen and oxygen atoms in total. The van der Waals surface area contributed by atoms with Crippen LogP contribution in [-0.4, -0.2) is 6.16 Å². The highest BCUT2D eigenvalue weighted by atomic mass is 79.9. The standard InChI is InChI=1S/C28H23Br2N6O3P/c1-2-40(37,38-27-15-19(17-31)11-13-25(27)35-33-23-9-5-3-7-21(23)29)39-28-16-20(18-32)12-14-26(28)36-34-24-10-6-4-8-22(24)30/h3-16,33-36H,2H2,1H3. The average molecular weight is 682 g/mol. The summed E-state index contributed by atoms with van der Waals surface area (Å²) in [4.78, 5) is 0. The van der Waals surface area contributed by atoms with Crippen molar-refractivity contribution in [2.24, 2.45) is 0 Å². The molecule has 0 amide bonds. The SMILES string of the molecule is CCP(=O)(Oc1cc(C#N)ccc1NNc1ccccc1Br)Oc1cc(C#N)ccc1NNc1ccccc1Br. The Balaban J connectivity index is 1.61. The van der Waals surface area contributed by atoms with Crippen LogP contribution in [0.1, 0.15) is 18.1 Å². The number of nitrogens with zero attached hydrogens (tertiary/aromatic N) is 2. The normalized spacial score (nSPS) is 10.5. The van der Waals surface area contributed by atoms with E-state index in [0.717, 1.165) is 20.3 Å². The number of anilines is 4. The highest BCUT2D eigenvalue weighted by Crippen LogP contribution is 2.51. The Morgan fingerprint density at radius 3 is 1.45 bits per heavy atom. The Bertz CT molecular complexity index is 1540. The first-order valence-corrected chi connectivity index (χ1v) is 15.2. The molecular weight excluding hydrogens is 659 g/mol. The van der Waals surface area contributed by atoms with Gasteiger partial charge in [0.1, 0.15) is 0 Å². The Hall–Kier alpha value is -4.15. The number of halogens is 2. The molecule has 0 heterocycles. The number of benzene rings is 4. The van der Waals surface area contributed by atoms with Crippen molar-refractivity contribution in [1.29, 1.82) is 10.5 Å². The van der Waals surface area contributed by atoms with Crippen molar-refractivity contribution in [3.63, 3.8) is 0 Å². The summed E-state index contributed by atoms with van der Waals surface area (Å²) in [7, 11) is -3.84.